The molecule has 0 atom stereocenters. The van der Waals surface area contributed by atoms with E-state index in [2.05, 4.69) is 18.8 Å². The van der Waals surface area contributed by atoms with Crippen LogP contribution < -0.4 is 0 Å². The van der Waals surface area contributed by atoms with Gasteiger partial charge in [0.05, 0.1) is 0 Å². The molecule has 2 heteroatoms. The van der Waals surface area contributed by atoms with Gasteiger partial charge in [-0.15, -0.1) is 0 Å². The van der Waals surface area contributed by atoms with E-state index >= 15 is 0 Å². The van der Waals surface area contributed by atoms with Gasteiger partial charge < -0.3 is 9.47 Å². The van der Waals surface area contributed by atoms with Crippen LogP contribution >= 0.6 is 0 Å². The predicted molar refractivity (Wildman–Crippen MR) is 76.6 cm³/mol. The van der Waals surface area contributed by atoms with Crippen molar-refractivity contribution in [2.45, 2.75) is 38.4 Å². The van der Waals surface area contributed by atoms with Crippen molar-refractivity contribution in [3.63, 3.8) is 0 Å². The number of ether oxygens (including phenoxy) is 2. The molecule has 1 aromatic carbocycles. The van der Waals surface area contributed by atoms with E-state index in [1.54, 1.807) is 14.2 Å². The molecule has 102 valence electrons. The summed E-state index contributed by atoms with van der Waals surface area (Å²) in [5.74, 6) is 6.11. The minimum atomic E-state index is -0.346. The number of benzene rings is 1. The number of hydrogen-bond acceptors (Lipinski definition) is 2. The highest BCUT2D eigenvalue weighted by atomic mass is 16.7. The summed E-state index contributed by atoms with van der Waals surface area (Å²) in [7, 11) is 3.44. The zero-order chi connectivity index (χ0) is 13.8. The van der Waals surface area contributed by atoms with E-state index in [1.165, 1.54) is 0 Å². The minimum absolute atomic E-state index is 0.303. The largest absolute Gasteiger partial charge is 0.353 e. The van der Waals surface area contributed by atoms with Gasteiger partial charge in [-0.1, -0.05) is 37.0 Å². The summed E-state index contributed by atoms with van der Waals surface area (Å²) in [5.41, 5.74) is 1.39. The van der Waals surface area contributed by atoms with E-state index in [0.717, 1.165) is 31.2 Å². The quantitative estimate of drug-likeness (QED) is 0.607. The molecule has 19 heavy (non-hydrogen) atoms. The minimum Gasteiger partial charge on any atom is -0.353 e. The van der Waals surface area contributed by atoms with Crippen LogP contribution in [0.5, 0.6) is 0 Å². The fraction of sp³-hybridized carbons (Fsp3) is 0.529. The maximum atomic E-state index is 5.44. The van der Waals surface area contributed by atoms with Crippen molar-refractivity contribution in [1.29, 1.82) is 0 Å². The Bertz CT molecular complexity index is 455. The Balaban J connectivity index is 1.80. The lowest BCUT2D eigenvalue weighted by Gasteiger charge is -2.52. The number of rotatable bonds is 4. The van der Waals surface area contributed by atoms with E-state index in [1.807, 2.05) is 30.3 Å². The van der Waals surface area contributed by atoms with Crippen molar-refractivity contribution >= 4 is 0 Å². The average Bonchev–Trinajstić information content (AvgIpc) is 2.41. The molecule has 0 N–H and O–H groups in total. The lowest BCUT2D eigenvalue weighted by atomic mass is 9.63. The number of methoxy groups -OCH3 is 2. The topological polar surface area (TPSA) is 18.5 Å². The summed E-state index contributed by atoms with van der Waals surface area (Å²) in [6.07, 6.45) is 3.94. The third-order valence-corrected chi connectivity index (χ3v) is 4.00. The average molecular weight is 258 g/mol. The molecular weight excluding hydrogens is 236 g/mol. The molecule has 0 heterocycles. The maximum absolute atomic E-state index is 5.44. The van der Waals surface area contributed by atoms with Crippen molar-refractivity contribution in [2.24, 2.45) is 5.41 Å². The van der Waals surface area contributed by atoms with Crippen LogP contribution in [0.1, 0.15) is 38.2 Å². The van der Waals surface area contributed by atoms with Crippen LogP contribution in [0.4, 0.5) is 0 Å². The highest BCUT2D eigenvalue weighted by Gasteiger charge is 2.52. The van der Waals surface area contributed by atoms with Gasteiger partial charge in [0.1, 0.15) is 0 Å². The van der Waals surface area contributed by atoms with Crippen molar-refractivity contribution in [3.8, 4) is 11.8 Å². The molecule has 0 bridgehead atoms. The Morgan fingerprint density at radius 3 is 2.32 bits per heavy atom. The third-order valence-electron chi connectivity index (χ3n) is 4.00. The molecule has 2 rings (SSSR count). The molecule has 1 aliphatic rings. The van der Waals surface area contributed by atoms with E-state index in [0.29, 0.717) is 5.41 Å². The lowest BCUT2D eigenvalue weighted by molar-refractivity contribution is -0.294. The van der Waals surface area contributed by atoms with Crippen LogP contribution in [0.2, 0.25) is 0 Å². The summed E-state index contributed by atoms with van der Waals surface area (Å²) < 4.78 is 10.9. The fourth-order valence-corrected chi connectivity index (χ4v) is 2.85. The van der Waals surface area contributed by atoms with Gasteiger partial charge in [0.2, 0.25) is 0 Å². The molecule has 0 aromatic heterocycles. The monoisotopic (exact) mass is 258 g/mol. The summed E-state index contributed by atoms with van der Waals surface area (Å²) in [6, 6.07) is 10.1. The molecule has 0 amide bonds. The van der Waals surface area contributed by atoms with E-state index in [4.69, 9.17) is 9.47 Å². The van der Waals surface area contributed by atoms with Gasteiger partial charge in [0.25, 0.3) is 0 Å². The van der Waals surface area contributed by atoms with Gasteiger partial charge in [0.15, 0.2) is 5.79 Å². The lowest BCUT2D eigenvalue weighted by Crippen LogP contribution is -2.53. The highest BCUT2D eigenvalue weighted by Crippen LogP contribution is 2.53. The molecule has 0 radical (unpaired) electrons. The molecule has 2 nitrogen and oxygen atoms in total. The van der Waals surface area contributed by atoms with Gasteiger partial charge in [-0.25, -0.2) is 0 Å². The van der Waals surface area contributed by atoms with E-state index < -0.39 is 0 Å². The first-order valence-electron chi connectivity index (χ1n) is 6.76. The Morgan fingerprint density at radius 1 is 1.11 bits per heavy atom. The number of hydrogen-bond donors (Lipinski definition) is 0. The van der Waals surface area contributed by atoms with Crippen molar-refractivity contribution in [2.75, 3.05) is 14.2 Å². The molecular formula is C17H22O2. The second-order valence-electron chi connectivity index (χ2n) is 5.65. The summed E-state index contributed by atoms with van der Waals surface area (Å²) in [6.45, 7) is 2.29. The Hall–Kier alpha value is -1.30. The van der Waals surface area contributed by atoms with Crippen LogP contribution in [0.25, 0.3) is 0 Å². The Kier molecular flexibility index (Phi) is 4.29. The molecule has 1 aliphatic carbocycles. The fourth-order valence-electron chi connectivity index (χ4n) is 2.85. The summed E-state index contributed by atoms with van der Waals surface area (Å²) in [5, 5.41) is 0. The van der Waals surface area contributed by atoms with Gasteiger partial charge in [-0.3, -0.25) is 0 Å². The standard InChI is InChI=1S/C17H22O2/c1-16(13-17(14-16,18-2)19-3)12-8-7-11-15-9-5-4-6-10-15/h4-6,9-10H,8,12-14H2,1-3H3. The second kappa shape index (κ2) is 5.77. The molecule has 0 unspecified atom stereocenters. The molecule has 0 aliphatic heterocycles. The maximum Gasteiger partial charge on any atom is 0.168 e. The second-order valence-corrected chi connectivity index (χ2v) is 5.65. The molecule has 1 saturated carbocycles. The van der Waals surface area contributed by atoms with Crippen molar-refractivity contribution in [1.82, 2.24) is 0 Å². The Labute approximate surface area is 116 Å². The van der Waals surface area contributed by atoms with Crippen molar-refractivity contribution in [3.05, 3.63) is 35.9 Å². The van der Waals surface area contributed by atoms with Crippen LogP contribution in [0.3, 0.4) is 0 Å². The van der Waals surface area contributed by atoms with Gasteiger partial charge in [-0.2, -0.15) is 0 Å². The van der Waals surface area contributed by atoms with Crippen LogP contribution in [0, 0.1) is 17.3 Å². The zero-order valence-corrected chi connectivity index (χ0v) is 12.0. The first kappa shape index (κ1) is 14.1. The van der Waals surface area contributed by atoms with E-state index in [-0.39, 0.29) is 5.79 Å². The van der Waals surface area contributed by atoms with Crippen molar-refractivity contribution < 1.29 is 9.47 Å². The normalized spacial score (nSPS) is 19.1. The first-order valence-corrected chi connectivity index (χ1v) is 6.76. The molecule has 1 aromatic rings. The SMILES string of the molecule is COC1(OC)CC(C)(CCC#Cc2ccccc2)C1. The first-order chi connectivity index (χ1) is 9.11. The summed E-state index contributed by atoms with van der Waals surface area (Å²) in [4.78, 5) is 0. The highest BCUT2D eigenvalue weighted by molar-refractivity contribution is 5.33. The van der Waals surface area contributed by atoms with E-state index in [9.17, 15) is 0 Å². The third kappa shape index (κ3) is 3.37. The van der Waals surface area contributed by atoms with Crippen LogP contribution in [-0.4, -0.2) is 20.0 Å². The smallest absolute Gasteiger partial charge is 0.168 e. The zero-order valence-electron chi connectivity index (χ0n) is 12.0. The van der Waals surface area contributed by atoms with Gasteiger partial charge in [0, 0.05) is 39.0 Å². The van der Waals surface area contributed by atoms with Crippen LogP contribution in [0.15, 0.2) is 30.3 Å². The van der Waals surface area contributed by atoms with Crippen LogP contribution in [-0.2, 0) is 9.47 Å². The summed E-state index contributed by atoms with van der Waals surface area (Å²) >= 11 is 0. The van der Waals surface area contributed by atoms with Gasteiger partial charge >= 0.3 is 0 Å². The molecule has 0 saturated heterocycles. The predicted octanol–water partition coefficient (Wildman–Crippen LogP) is 3.61. The molecule has 1 fully saturated rings. The van der Waals surface area contributed by atoms with Gasteiger partial charge in [-0.05, 0) is 24.0 Å². The Morgan fingerprint density at radius 2 is 1.74 bits per heavy atom. The molecule has 0 spiro atoms.